The van der Waals surface area contributed by atoms with Gasteiger partial charge in [0.1, 0.15) is 25.4 Å². The summed E-state index contributed by atoms with van der Waals surface area (Å²) in [6.45, 7) is 0.973. The minimum absolute atomic E-state index is 0.00610. The van der Waals surface area contributed by atoms with Gasteiger partial charge in [-0.15, -0.1) is 0 Å². The van der Waals surface area contributed by atoms with E-state index in [0.717, 1.165) is 11.8 Å². The lowest BCUT2D eigenvalue weighted by molar-refractivity contribution is -0.153. The second-order valence-electron chi connectivity index (χ2n) is 8.59. The molecule has 9 nitrogen and oxygen atoms in total. The average Bonchev–Trinajstić information content (AvgIpc) is 3.24. The number of carboxylic acids is 1. The van der Waals surface area contributed by atoms with Crippen LogP contribution in [-0.2, 0) is 28.5 Å². The number of carbonyl (C=O) groups excluding carboxylic acids is 3. The molecule has 0 saturated carbocycles. The van der Waals surface area contributed by atoms with Gasteiger partial charge in [-0.3, -0.25) is 4.79 Å². The van der Waals surface area contributed by atoms with Gasteiger partial charge in [-0.25, -0.2) is 14.4 Å². The van der Waals surface area contributed by atoms with Gasteiger partial charge in [-0.1, -0.05) is 48.2 Å². The van der Waals surface area contributed by atoms with E-state index >= 15 is 0 Å². The van der Waals surface area contributed by atoms with Gasteiger partial charge in [0.25, 0.3) is 0 Å². The first-order chi connectivity index (χ1) is 17.8. The Morgan fingerprint density at radius 3 is 1.81 bits per heavy atom. The lowest BCUT2D eigenvalue weighted by Gasteiger charge is -2.32. The third-order valence-electron chi connectivity index (χ3n) is 5.93. The molecule has 0 aromatic heterocycles. The quantitative estimate of drug-likeness (QED) is 0.510. The van der Waals surface area contributed by atoms with Gasteiger partial charge in [0.05, 0.1) is 16.7 Å². The number of hydrogen-bond acceptors (Lipinski definition) is 9. The summed E-state index contributed by atoms with van der Waals surface area (Å²) in [4.78, 5) is 48.5. The number of benzene rings is 2. The molecule has 0 bridgehead atoms. The van der Waals surface area contributed by atoms with E-state index < -0.39 is 41.2 Å². The summed E-state index contributed by atoms with van der Waals surface area (Å²) in [5, 5.41) is 9.02. The minimum Gasteiger partial charge on any atom is -0.478 e. The van der Waals surface area contributed by atoms with Crippen molar-refractivity contribution in [2.45, 2.75) is 43.0 Å². The van der Waals surface area contributed by atoms with Crippen molar-refractivity contribution in [1.29, 1.82) is 0 Å². The zero-order valence-electron chi connectivity index (χ0n) is 20.0. The summed E-state index contributed by atoms with van der Waals surface area (Å²) in [5.41, 5.74) is 0.712. The van der Waals surface area contributed by atoms with Crippen molar-refractivity contribution in [1.82, 2.24) is 0 Å². The van der Waals surface area contributed by atoms with Crippen LogP contribution < -0.4 is 0 Å². The summed E-state index contributed by atoms with van der Waals surface area (Å²) < 4.78 is 23.2. The predicted molar refractivity (Wildman–Crippen MR) is 133 cm³/mol. The molecule has 4 rings (SSSR count). The molecule has 2 aromatic rings. The Hall–Kier alpha value is -3.47. The van der Waals surface area contributed by atoms with E-state index in [0.29, 0.717) is 17.5 Å². The Labute approximate surface area is 217 Å². The van der Waals surface area contributed by atoms with Crippen molar-refractivity contribution in [3.63, 3.8) is 0 Å². The molecule has 1 heterocycles. The third-order valence-corrected chi connectivity index (χ3v) is 7.03. The predicted octanol–water partition coefficient (Wildman–Crippen LogP) is 3.63. The van der Waals surface area contributed by atoms with Crippen LogP contribution in [0.1, 0.15) is 40.5 Å². The fourth-order valence-electron chi connectivity index (χ4n) is 4.20. The third kappa shape index (κ3) is 6.65. The lowest BCUT2D eigenvalue weighted by atomic mass is 9.94. The maximum Gasteiger partial charge on any atom is 0.338 e. The Bertz CT molecular complexity index is 1120. The molecule has 10 heteroatoms. The van der Waals surface area contributed by atoms with E-state index in [2.05, 4.69) is 0 Å². The second-order valence-corrected chi connectivity index (χ2v) is 9.97. The average molecular weight is 527 g/mol. The van der Waals surface area contributed by atoms with Crippen molar-refractivity contribution >= 4 is 34.8 Å². The monoisotopic (exact) mass is 526 g/mol. The summed E-state index contributed by atoms with van der Waals surface area (Å²) in [6, 6.07) is 16.9. The highest BCUT2D eigenvalue weighted by atomic mass is 32.2. The van der Waals surface area contributed by atoms with E-state index in [1.165, 1.54) is 13.0 Å². The number of hydrogen-bond donors (Lipinski definition) is 1. The van der Waals surface area contributed by atoms with Gasteiger partial charge in [-0.05, 0) is 36.8 Å². The van der Waals surface area contributed by atoms with Crippen molar-refractivity contribution in [3.8, 4) is 0 Å². The van der Waals surface area contributed by atoms with Crippen LogP contribution in [0.3, 0.4) is 0 Å². The number of aliphatic carboxylic acids is 1. The van der Waals surface area contributed by atoms with E-state index in [1.807, 2.05) is 0 Å². The van der Waals surface area contributed by atoms with Crippen molar-refractivity contribution in [2.24, 2.45) is 0 Å². The van der Waals surface area contributed by atoms with Crippen LogP contribution in [0.4, 0.5) is 0 Å². The van der Waals surface area contributed by atoms with Crippen LogP contribution >= 0.6 is 11.8 Å². The highest BCUT2D eigenvalue weighted by molar-refractivity contribution is 8.14. The van der Waals surface area contributed by atoms with Gasteiger partial charge in [0.15, 0.2) is 10.9 Å². The van der Waals surface area contributed by atoms with Crippen LogP contribution in [0.2, 0.25) is 0 Å². The molecular formula is C27H26O9S. The first kappa shape index (κ1) is 26.6. The number of thioether (sulfide) groups is 1. The Morgan fingerprint density at radius 2 is 1.38 bits per heavy atom. The SMILES string of the molecule is CC(=O)SC1CCC2(C=C1C(=O)O)O[C@H](COC(=O)c1ccccc1)[C@@H](COC(=O)c1ccccc1)O2. The number of ether oxygens (including phenoxy) is 4. The summed E-state index contributed by atoms with van der Waals surface area (Å²) >= 11 is 0.941. The Balaban J connectivity index is 1.52. The molecule has 1 aliphatic carbocycles. The van der Waals surface area contributed by atoms with E-state index in [9.17, 15) is 24.3 Å². The zero-order valence-corrected chi connectivity index (χ0v) is 20.8. The zero-order chi connectivity index (χ0) is 26.4. The highest BCUT2D eigenvalue weighted by Crippen LogP contribution is 2.42. The standard InChI is InChI=1S/C27H26O9S/c1-17(28)37-23-12-13-27(14-20(23)24(29)30)35-21(15-33-25(31)18-8-4-2-5-9-18)22(36-27)16-34-26(32)19-10-6-3-7-11-19/h2-11,14,21-23H,12-13,15-16H2,1H3,(H,29,30)/t21-,22-,23?/m1/s1. The number of rotatable bonds is 8. The molecule has 37 heavy (non-hydrogen) atoms. The van der Waals surface area contributed by atoms with Gasteiger partial charge in [0.2, 0.25) is 0 Å². The van der Waals surface area contributed by atoms with Crippen LogP contribution in [0.15, 0.2) is 72.3 Å². The molecule has 1 N–H and O–H groups in total. The normalized spacial score (nSPS) is 22.2. The molecular weight excluding hydrogens is 500 g/mol. The number of esters is 2. The number of carboxylic acid groups (broad SMARTS) is 1. The molecule has 2 aromatic carbocycles. The van der Waals surface area contributed by atoms with Gasteiger partial charge in [0, 0.05) is 18.6 Å². The van der Waals surface area contributed by atoms with Gasteiger partial charge >= 0.3 is 17.9 Å². The molecule has 1 spiro atoms. The largest absolute Gasteiger partial charge is 0.478 e. The molecule has 0 amide bonds. The van der Waals surface area contributed by atoms with Crippen LogP contribution in [0, 0.1) is 0 Å². The van der Waals surface area contributed by atoms with Crippen molar-refractivity contribution < 1.29 is 43.2 Å². The molecule has 2 aliphatic rings. The minimum atomic E-state index is -1.42. The van der Waals surface area contributed by atoms with E-state index in [4.69, 9.17) is 18.9 Å². The summed E-state index contributed by atoms with van der Waals surface area (Å²) in [5.74, 6) is -3.73. The first-order valence-corrected chi connectivity index (χ1v) is 12.6. The fraction of sp³-hybridized carbons (Fsp3) is 0.333. The first-order valence-electron chi connectivity index (χ1n) is 11.7. The van der Waals surface area contributed by atoms with Gasteiger partial charge < -0.3 is 24.1 Å². The molecule has 1 aliphatic heterocycles. The lowest BCUT2D eigenvalue weighted by Crippen LogP contribution is -2.37. The highest BCUT2D eigenvalue weighted by Gasteiger charge is 2.50. The van der Waals surface area contributed by atoms with E-state index in [-0.39, 0.29) is 30.3 Å². The van der Waals surface area contributed by atoms with Crippen LogP contribution in [-0.4, -0.2) is 64.6 Å². The van der Waals surface area contributed by atoms with Crippen molar-refractivity contribution in [2.75, 3.05) is 13.2 Å². The maximum absolute atomic E-state index is 12.5. The molecule has 0 radical (unpaired) electrons. The molecule has 1 saturated heterocycles. The maximum atomic E-state index is 12.5. The van der Waals surface area contributed by atoms with Crippen LogP contribution in [0.5, 0.6) is 0 Å². The van der Waals surface area contributed by atoms with Gasteiger partial charge in [-0.2, -0.15) is 0 Å². The topological polar surface area (TPSA) is 125 Å². The van der Waals surface area contributed by atoms with E-state index in [1.54, 1.807) is 60.7 Å². The molecule has 194 valence electrons. The summed E-state index contributed by atoms with van der Waals surface area (Å²) in [7, 11) is 0. The Morgan fingerprint density at radius 1 is 0.892 bits per heavy atom. The molecule has 1 fully saturated rings. The number of carbonyl (C=O) groups is 4. The van der Waals surface area contributed by atoms with Crippen molar-refractivity contribution in [3.05, 3.63) is 83.4 Å². The second kappa shape index (κ2) is 11.7. The molecule has 3 atom stereocenters. The smallest absolute Gasteiger partial charge is 0.338 e. The Kier molecular flexibility index (Phi) is 8.42. The van der Waals surface area contributed by atoms with Crippen LogP contribution in [0.25, 0.3) is 0 Å². The summed E-state index contributed by atoms with van der Waals surface area (Å²) in [6.07, 6.45) is 0.278. The molecule has 1 unspecified atom stereocenters. The fourth-order valence-corrected chi connectivity index (χ4v) is 5.14.